The second-order valence-electron chi connectivity index (χ2n) is 8.47. The summed E-state index contributed by atoms with van der Waals surface area (Å²) in [4.78, 5) is 24.8. The van der Waals surface area contributed by atoms with E-state index < -0.39 is 23.3 Å². The first-order chi connectivity index (χ1) is 14.6. The molecule has 0 radical (unpaired) electrons. The van der Waals surface area contributed by atoms with Crippen molar-refractivity contribution in [1.82, 2.24) is 13.9 Å². The molecule has 2 rings (SSSR count). The predicted molar refractivity (Wildman–Crippen MR) is 121 cm³/mol. The summed E-state index contributed by atoms with van der Waals surface area (Å²) >= 11 is -1.32. The summed E-state index contributed by atoms with van der Waals surface area (Å²) < 4.78 is 29.1. The minimum Gasteiger partial charge on any atom is -0.353 e. The van der Waals surface area contributed by atoms with E-state index in [0.29, 0.717) is 31.1 Å². The van der Waals surface area contributed by atoms with Crippen LogP contribution < -0.4 is 16.4 Å². The number of hydrogen-bond acceptors (Lipinski definition) is 4. The van der Waals surface area contributed by atoms with E-state index in [0.717, 1.165) is 6.54 Å². The average molecular weight is 456 g/mol. The van der Waals surface area contributed by atoms with Crippen molar-refractivity contribution in [2.75, 3.05) is 31.5 Å². The van der Waals surface area contributed by atoms with Crippen LogP contribution in [0.15, 0.2) is 24.3 Å². The number of benzene rings is 1. The number of rotatable bonds is 10. The normalized spacial score (nSPS) is 20.4. The number of amides is 2. The van der Waals surface area contributed by atoms with Gasteiger partial charge in [0.1, 0.15) is 5.82 Å². The van der Waals surface area contributed by atoms with Crippen LogP contribution in [0.1, 0.15) is 34.1 Å². The molecule has 4 atom stereocenters. The van der Waals surface area contributed by atoms with Crippen molar-refractivity contribution in [3.05, 3.63) is 30.1 Å². The van der Waals surface area contributed by atoms with E-state index in [-0.39, 0.29) is 30.1 Å². The van der Waals surface area contributed by atoms with Gasteiger partial charge in [0.15, 0.2) is 11.2 Å². The molecule has 2 amide bonds. The van der Waals surface area contributed by atoms with Crippen LogP contribution in [0, 0.1) is 17.7 Å². The minimum absolute atomic E-state index is 0.216. The fourth-order valence-corrected chi connectivity index (χ4v) is 4.92. The minimum atomic E-state index is -1.32. The molecule has 1 saturated heterocycles. The van der Waals surface area contributed by atoms with Crippen LogP contribution in [-0.4, -0.2) is 62.9 Å². The number of carbonyl (C=O) groups is 2. The molecule has 174 valence electrons. The Balaban J connectivity index is 1.76. The van der Waals surface area contributed by atoms with Crippen molar-refractivity contribution in [3.63, 3.8) is 0 Å². The number of halogens is 1. The van der Waals surface area contributed by atoms with Crippen molar-refractivity contribution in [3.8, 4) is 0 Å². The maximum absolute atomic E-state index is 13.0. The highest BCUT2D eigenvalue weighted by Crippen LogP contribution is 2.17. The van der Waals surface area contributed by atoms with Crippen molar-refractivity contribution in [2.45, 2.75) is 46.2 Å². The van der Waals surface area contributed by atoms with Gasteiger partial charge in [0.2, 0.25) is 11.8 Å². The summed E-state index contributed by atoms with van der Waals surface area (Å²) in [7, 11) is 0. The van der Waals surface area contributed by atoms with Gasteiger partial charge in [-0.15, -0.1) is 0 Å². The smallest absolute Gasteiger partial charge is 0.238 e. The van der Waals surface area contributed by atoms with Crippen LogP contribution >= 0.6 is 0 Å². The van der Waals surface area contributed by atoms with E-state index in [4.69, 9.17) is 5.73 Å². The molecule has 4 unspecified atom stereocenters. The summed E-state index contributed by atoms with van der Waals surface area (Å²) in [6.45, 7) is 9.80. The van der Waals surface area contributed by atoms with E-state index >= 15 is 0 Å². The molecule has 1 heterocycles. The Morgan fingerprint density at radius 3 is 2.39 bits per heavy atom. The lowest BCUT2D eigenvalue weighted by Crippen LogP contribution is -2.48. The third-order valence-corrected chi connectivity index (χ3v) is 6.80. The summed E-state index contributed by atoms with van der Waals surface area (Å²) in [6.07, 6.45) is 0.375. The molecule has 0 aromatic heterocycles. The zero-order valence-corrected chi connectivity index (χ0v) is 19.5. The van der Waals surface area contributed by atoms with Gasteiger partial charge in [-0.2, -0.15) is 4.31 Å². The summed E-state index contributed by atoms with van der Waals surface area (Å²) in [5.41, 5.74) is 6.62. The Bertz CT molecular complexity index is 777. The Morgan fingerprint density at radius 2 is 1.77 bits per heavy atom. The lowest BCUT2D eigenvalue weighted by Gasteiger charge is -2.24. The van der Waals surface area contributed by atoms with Gasteiger partial charge in [-0.3, -0.25) is 9.59 Å². The van der Waals surface area contributed by atoms with Crippen molar-refractivity contribution in [1.29, 1.82) is 0 Å². The molecule has 31 heavy (non-hydrogen) atoms. The molecule has 8 nitrogen and oxygen atoms in total. The number of nitrogens with one attached hydrogen (secondary N) is 2. The molecule has 10 heteroatoms. The Hall–Kier alpha value is -1.88. The van der Waals surface area contributed by atoms with Gasteiger partial charge >= 0.3 is 0 Å². The van der Waals surface area contributed by atoms with Gasteiger partial charge in [0.05, 0.1) is 6.04 Å². The van der Waals surface area contributed by atoms with Crippen LogP contribution in [0.2, 0.25) is 0 Å². The zero-order chi connectivity index (χ0) is 23.1. The molecule has 0 aliphatic carbocycles. The highest BCUT2D eigenvalue weighted by atomic mass is 32.2. The number of carbonyl (C=O) groups excluding carboxylic acids is 2. The Kier molecular flexibility index (Phi) is 9.54. The standard InChI is InChI=1S/C21H34FN5O3S/c1-14(2)13-26-9-10-27(31(26)30)16(4)21(29)24-12-18(23)11-15(3)20(28)25-19-7-5-17(22)6-8-19/h5-8,14-16,18H,9-13,23H2,1-4H3,(H,24,29)(H,25,28). The second kappa shape index (κ2) is 11.7. The first kappa shape index (κ1) is 25.4. The number of hydrogen-bond donors (Lipinski definition) is 3. The number of nitrogens with two attached hydrogens (primary N) is 1. The van der Waals surface area contributed by atoms with E-state index in [1.165, 1.54) is 24.3 Å². The molecule has 0 bridgehead atoms. The number of anilines is 1. The fraction of sp³-hybridized carbons (Fsp3) is 0.619. The molecule has 0 spiro atoms. The van der Waals surface area contributed by atoms with Gasteiger partial charge < -0.3 is 16.4 Å². The topological polar surface area (TPSA) is 108 Å². The number of nitrogens with zero attached hydrogens (tertiary/aromatic N) is 2. The van der Waals surface area contributed by atoms with Crippen LogP contribution in [0.5, 0.6) is 0 Å². The van der Waals surface area contributed by atoms with Crippen LogP contribution in [0.3, 0.4) is 0 Å². The molecule has 1 aliphatic rings. The van der Waals surface area contributed by atoms with Gasteiger partial charge in [0, 0.05) is 43.8 Å². The van der Waals surface area contributed by atoms with E-state index in [2.05, 4.69) is 24.5 Å². The van der Waals surface area contributed by atoms with E-state index in [1.807, 2.05) is 4.31 Å². The first-order valence-electron chi connectivity index (χ1n) is 10.6. The third kappa shape index (κ3) is 7.64. The maximum Gasteiger partial charge on any atom is 0.238 e. The zero-order valence-electron chi connectivity index (χ0n) is 18.6. The van der Waals surface area contributed by atoms with Crippen molar-refractivity contribution in [2.24, 2.45) is 17.6 Å². The van der Waals surface area contributed by atoms with Crippen LogP contribution in [-0.2, 0) is 20.8 Å². The highest BCUT2D eigenvalue weighted by Gasteiger charge is 2.35. The summed E-state index contributed by atoms with van der Waals surface area (Å²) in [5, 5.41) is 5.53. The average Bonchev–Trinajstić information content (AvgIpc) is 3.06. The Labute approximate surface area is 186 Å². The van der Waals surface area contributed by atoms with E-state index in [9.17, 15) is 18.2 Å². The highest BCUT2D eigenvalue weighted by molar-refractivity contribution is 7.80. The quantitative estimate of drug-likeness (QED) is 0.497. The van der Waals surface area contributed by atoms with Gasteiger partial charge in [-0.1, -0.05) is 20.8 Å². The largest absolute Gasteiger partial charge is 0.353 e. The molecule has 1 fully saturated rings. The monoisotopic (exact) mass is 455 g/mol. The lowest BCUT2D eigenvalue weighted by atomic mass is 10.0. The molecule has 1 aliphatic heterocycles. The molecule has 1 aromatic carbocycles. The van der Waals surface area contributed by atoms with Gasteiger partial charge in [0.25, 0.3) is 0 Å². The van der Waals surface area contributed by atoms with E-state index in [1.54, 1.807) is 18.2 Å². The lowest BCUT2D eigenvalue weighted by molar-refractivity contribution is -0.124. The third-order valence-electron chi connectivity index (χ3n) is 5.13. The summed E-state index contributed by atoms with van der Waals surface area (Å²) in [5.74, 6) is -0.820. The van der Waals surface area contributed by atoms with Crippen molar-refractivity contribution < 1.29 is 18.2 Å². The molecule has 0 saturated carbocycles. The molecular weight excluding hydrogens is 421 g/mol. The predicted octanol–water partition coefficient (Wildman–Crippen LogP) is 1.47. The van der Waals surface area contributed by atoms with Crippen LogP contribution in [0.25, 0.3) is 0 Å². The first-order valence-corrected chi connectivity index (χ1v) is 11.7. The molecular formula is C21H34FN5O3S. The summed E-state index contributed by atoms with van der Waals surface area (Å²) in [6, 6.07) is 4.59. The fourth-order valence-electron chi connectivity index (χ4n) is 3.36. The Morgan fingerprint density at radius 1 is 1.13 bits per heavy atom. The molecule has 4 N–H and O–H groups in total. The van der Waals surface area contributed by atoms with Gasteiger partial charge in [-0.05, 0) is 43.5 Å². The van der Waals surface area contributed by atoms with Crippen molar-refractivity contribution >= 4 is 28.7 Å². The SMILES string of the molecule is CC(C)CN1CCN(C(C)C(=O)NCC(N)CC(C)C(=O)Nc2ccc(F)cc2)S1=O. The second-order valence-corrected chi connectivity index (χ2v) is 9.91. The van der Waals surface area contributed by atoms with Gasteiger partial charge in [-0.25, -0.2) is 12.9 Å². The maximum atomic E-state index is 13.0. The van der Waals surface area contributed by atoms with Crippen LogP contribution in [0.4, 0.5) is 10.1 Å². The molecule has 1 aromatic rings.